The zero-order valence-electron chi connectivity index (χ0n) is 8.82. The Morgan fingerprint density at radius 2 is 1.94 bits per heavy atom. The van der Waals surface area contributed by atoms with E-state index in [1.165, 1.54) is 24.3 Å². The zero-order chi connectivity index (χ0) is 11.6. The first-order valence-electron chi connectivity index (χ1n) is 5.23. The van der Waals surface area contributed by atoms with E-state index in [4.69, 9.17) is 0 Å². The molecule has 1 aromatic rings. The molecule has 1 N–H and O–H groups in total. The maximum atomic E-state index is 12.6. The summed E-state index contributed by atoms with van der Waals surface area (Å²) in [6.07, 6.45) is 0.919. The predicted octanol–water partition coefficient (Wildman–Crippen LogP) is 1.10. The van der Waals surface area contributed by atoms with E-state index in [0.717, 1.165) is 13.0 Å². The lowest BCUT2D eigenvalue weighted by Gasteiger charge is -2.27. The van der Waals surface area contributed by atoms with Crippen LogP contribution in [0.5, 0.6) is 0 Å². The van der Waals surface area contributed by atoms with E-state index in [-0.39, 0.29) is 23.4 Å². The van der Waals surface area contributed by atoms with E-state index < -0.39 is 9.84 Å². The molecule has 88 valence electrons. The molecule has 0 radical (unpaired) electrons. The molecular formula is C11H14FNO2S. The molecule has 0 spiro atoms. The molecule has 0 saturated carbocycles. The molecular weight excluding hydrogens is 229 g/mol. The molecule has 0 amide bonds. The molecule has 5 heteroatoms. The second-order valence-corrected chi connectivity index (χ2v) is 6.23. The third kappa shape index (κ3) is 3.02. The molecule has 0 aliphatic carbocycles. The second kappa shape index (κ2) is 4.51. The molecule has 1 aromatic carbocycles. The van der Waals surface area contributed by atoms with Gasteiger partial charge in [0.15, 0.2) is 9.84 Å². The van der Waals surface area contributed by atoms with Crippen LogP contribution in [0.1, 0.15) is 12.0 Å². The fourth-order valence-corrected chi connectivity index (χ4v) is 3.41. The third-order valence-electron chi connectivity index (χ3n) is 2.68. The van der Waals surface area contributed by atoms with Crippen LogP contribution in [0.2, 0.25) is 0 Å². The topological polar surface area (TPSA) is 46.2 Å². The van der Waals surface area contributed by atoms with Crippen LogP contribution in [0.15, 0.2) is 24.3 Å². The lowest BCUT2D eigenvalue weighted by Crippen LogP contribution is -2.47. The molecule has 1 aliphatic rings. The number of halogens is 1. The number of nitrogens with one attached hydrogen (secondary N) is 1. The monoisotopic (exact) mass is 243 g/mol. The van der Waals surface area contributed by atoms with E-state index >= 15 is 0 Å². The van der Waals surface area contributed by atoms with Crippen LogP contribution in [-0.4, -0.2) is 26.8 Å². The molecule has 1 heterocycles. The Morgan fingerprint density at radius 1 is 1.31 bits per heavy atom. The summed E-state index contributed by atoms with van der Waals surface area (Å²) >= 11 is 0. The molecule has 16 heavy (non-hydrogen) atoms. The molecule has 0 aromatic heterocycles. The Kier molecular flexibility index (Phi) is 3.25. The van der Waals surface area contributed by atoms with Gasteiger partial charge in [0.2, 0.25) is 0 Å². The summed E-state index contributed by atoms with van der Waals surface area (Å²) in [6.45, 7) is 0.900. The fraction of sp³-hybridized carbons (Fsp3) is 0.455. The average Bonchev–Trinajstić information content (AvgIpc) is 2.16. The first-order chi connectivity index (χ1) is 7.55. The van der Waals surface area contributed by atoms with Crippen LogP contribution < -0.4 is 5.32 Å². The van der Waals surface area contributed by atoms with Crippen LogP contribution >= 0.6 is 0 Å². The summed E-state index contributed by atoms with van der Waals surface area (Å²) in [5.74, 6) is -0.183. The SMILES string of the molecule is O=S(=O)(Cc1ccc(F)cc1)CC1CCN1. The van der Waals surface area contributed by atoms with Crippen molar-refractivity contribution in [2.24, 2.45) is 0 Å². The summed E-state index contributed by atoms with van der Waals surface area (Å²) in [5, 5.41) is 3.06. The Bertz CT molecular complexity index is 451. The molecule has 1 fully saturated rings. The van der Waals surface area contributed by atoms with Crippen molar-refractivity contribution in [2.45, 2.75) is 18.2 Å². The first kappa shape index (κ1) is 11.5. The van der Waals surface area contributed by atoms with Gasteiger partial charge in [-0.15, -0.1) is 0 Å². The molecule has 1 unspecified atom stereocenters. The lowest BCUT2D eigenvalue weighted by molar-refractivity contribution is 0.398. The normalized spacial score (nSPS) is 20.4. The summed E-state index contributed by atoms with van der Waals surface area (Å²) in [4.78, 5) is 0. The van der Waals surface area contributed by atoms with Crippen molar-refractivity contribution in [3.8, 4) is 0 Å². The van der Waals surface area contributed by atoms with E-state index in [9.17, 15) is 12.8 Å². The summed E-state index contributed by atoms with van der Waals surface area (Å²) in [6, 6.07) is 5.70. The number of hydrogen-bond donors (Lipinski definition) is 1. The van der Waals surface area contributed by atoms with Gasteiger partial charge < -0.3 is 5.32 Å². The highest BCUT2D eigenvalue weighted by atomic mass is 32.2. The predicted molar refractivity (Wildman–Crippen MR) is 60.3 cm³/mol. The Balaban J connectivity index is 1.99. The molecule has 1 atom stereocenters. The minimum Gasteiger partial charge on any atom is -0.313 e. The lowest BCUT2D eigenvalue weighted by atomic mass is 10.1. The van der Waals surface area contributed by atoms with E-state index in [1.807, 2.05) is 0 Å². The van der Waals surface area contributed by atoms with Gasteiger partial charge in [0, 0.05) is 6.04 Å². The molecule has 1 aliphatic heterocycles. The maximum Gasteiger partial charge on any atom is 0.155 e. The van der Waals surface area contributed by atoms with Gasteiger partial charge in [0.25, 0.3) is 0 Å². The molecule has 0 bridgehead atoms. The third-order valence-corrected chi connectivity index (χ3v) is 4.36. The Labute approximate surface area is 94.6 Å². The molecule has 3 nitrogen and oxygen atoms in total. The first-order valence-corrected chi connectivity index (χ1v) is 7.05. The summed E-state index contributed by atoms with van der Waals surface area (Å²) in [5.41, 5.74) is 0.640. The smallest absolute Gasteiger partial charge is 0.155 e. The average molecular weight is 243 g/mol. The highest BCUT2D eigenvalue weighted by Gasteiger charge is 2.23. The number of hydrogen-bond acceptors (Lipinski definition) is 3. The van der Waals surface area contributed by atoms with Crippen molar-refractivity contribution in [2.75, 3.05) is 12.3 Å². The Morgan fingerprint density at radius 3 is 2.44 bits per heavy atom. The minimum atomic E-state index is -3.09. The van der Waals surface area contributed by atoms with Gasteiger partial charge in [0.05, 0.1) is 11.5 Å². The van der Waals surface area contributed by atoms with Gasteiger partial charge in [0.1, 0.15) is 5.82 Å². The van der Waals surface area contributed by atoms with E-state index in [0.29, 0.717) is 5.56 Å². The largest absolute Gasteiger partial charge is 0.313 e. The second-order valence-electron chi connectivity index (χ2n) is 4.12. The molecule has 1 saturated heterocycles. The van der Waals surface area contributed by atoms with Crippen molar-refractivity contribution >= 4 is 9.84 Å². The van der Waals surface area contributed by atoms with Crippen LogP contribution in [0.3, 0.4) is 0 Å². The van der Waals surface area contributed by atoms with Crippen molar-refractivity contribution in [1.29, 1.82) is 0 Å². The van der Waals surface area contributed by atoms with Crippen molar-refractivity contribution in [1.82, 2.24) is 5.32 Å². The van der Waals surface area contributed by atoms with Crippen molar-refractivity contribution in [3.63, 3.8) is 0 Å². The highest BCUT2D eigenvalue weighted by Crippen LogP contribution is 2.12. The van der Waals surface area contributed by atoms with E-state index in [2.05, 4.69) is 5.32 Å². The van der Waals surface area contributed by atoms with Gasteiger partial charge in [-0.05, 0) is 30.7 Å². The summed E-state index contributed by atoms with van der Waals surface area (Å²) in [7, 11) is -3.09. The van der Waals surface area contributed by atoms with Crippen molar-refractivity contribution in [3.05, 3.63) is 35.6 Å². The van der Waals surface area contributed by atoms with Gasteiger partial charge in [-0.25, -0.2) is 12.8 Å². The molecule has 2 rings (SSSR count). The fourth-order valence-electron chi connectivity index (χ4n) is 1.69. The standard InChI is InChI=1S/C11H14FNO2S/c12-10-3-1-9(2-4-10)7-16(14,15)8-11-5-6-13-11/h1-4,11,13H,5-8H2. The van der Waals surface area contributed by atoms with Crippen LogP contribution in [0.25, 0.3) is 0 Å². The van der Waals surface area contributed by atoms with Crippen molar-refractivity contribution < 1.29 is 12.8 Å². The quantitative estimate of drug-likeness (QED) is 0.861. The van der Waals surface area contributed by atoms with Gasteiger partial charge in [-0.3, -0.25) is 0 Å². The van der Waals surface area contributed by atoms with Crippen LogP contribution in [0.4, 0.5) is 4.39 Å². The maximum absolute atomic E-state index is 12.6. The number of sulfone groups is 1. The van der Waals surface area contributed by atoms with E-state index in [1.54, 1.807) is 0 Å². The minimum absolute atomic E-state index is 0.00847. The zero-order valence-corrected chi connectivity index (χ0v) is 9.63. The van der Waals surface area contributed by atoms with Crippen LogP contribution in [0, 0.1) is 5.82 Å². The summed E-state index contributed by atoms with van der Waals surface area (Å²) < 4.78 is 36.1. The number of rotatable bonds is 4. The van der Waals surface area contributed by atoms with Gasteiger partial charge in [-0.1, -0.05) is 12.1 Å². The number of benzene rings is 1. The Hall–Kier alpha value is -0.940. The van der Waals surface area contributed by atoms with Gasteiger partial charge >= 0.3 is 0 Å². The highest BCUT2D eigenvalue weighted by molar-refractivity contribution is 7.90. The van der Waals surface area contributed by atoms with Crippen LogP contribution in [-0.2, 0) is 15.6 Å². The van der Waals surface area contributed by atoms with Gasteiger partial charge in [-0.2, -0.15) is 0 Å².